The van der Waals surface area contributed by atoms with Crippen LogP contribution in [0.15, 0.2) is 35.2 Å². The van der Waals surface area contributed by atoms with Crippen molar-refractivity contribution in [1.29, 1.82) is 0 Å². The van der Waals surface area contributed by atoms with Crippen LogP contribution in [-0.4, -0.2) is 36.4 Å². The molecule has 0 bridgehead atoms. The monoisotopic (exact) mass is 269 g/mol. The third kappa shape index (κ3) is 2.54. The summed E-state index contributed by atoms with van der Waals surface area (Å²) in [5, 5.41) is 8.81. The maximum atomic E-state index is 12.4. The molecular formula is C12H15NO4S. The Balaban J connectivity index is 2.27. The number of carbonyl (C=O) groups is 1. The maximum absolute atomic E-state index is 12.4. The van der Waals surface area contributed by atoms with Gasteiger partial charge in [-0.15, -0.1) is 0 Å². The molecule has 0 saturated carbocycles. The van der Waals surface area contributed by atoms with E-state index in [1.807, 2.05) is 0 Å². The Kier molecular flexibility index (Phi) is 3.68. The summed E-state index contributed by atoms with van der Waals surface area (Å²) in [6.07, 6.45) is 1.19. The Morgan fingerprint density at radius 3 is 2.61 bits per heavy atom. The van der Waals surface area contributed by atoms with Crippen LogP contribution in [0, 0.1) is 0 Å². The smallest absolute Gasteiger partial charge is 0.304 e. The lowest BCUT2D eigenvalue weighted by Crippen LogP contribution is -2.36. The molecule has 0 spiro atoms. The Bertz CT molecular complexity index is 526. The highest BCUT2D eigenvalue weighted by molar-refractivity contribution is 7.89. The number of carboxylic acids is 1. The van der Waals surface area contributed by atoms with Crippen molar-refractivity contribution in [2.45, 2.75) is 30.2 Å². The van der Waals surface area contributed by atoms with Crippen LogP contribution in [-0.2, 0) is 14.8 Å². The summed E-state index contributed by atoms with van der Waals surface area (Å²) in [5.41, 5.74) is 0. The molecule has 1 aliphatic heterocycles. The molecule has 0 aliphatic carbocycles. The SMILES string of the molecule is O=C(O)CC1CCCN1S(=O)(=O)c1ccccc1. The fraction of sp³-hybridized carbons (Fsp3) is 0.417. The van der Waals surface area contributed by atoms with E-state index in [9.17, 15) is 13.2 Å². The Morgan fingerprint density at radius 2 is 2.00 bits per heavy atom. The lowest BCUT2D eigenvalue weighted by molar-refractivity contribution is -0.137. The number of aliphatic carboxylic acids is 1. The van der Waals surface area contributed by atoms with Crippen molar-refractivity contribution < 1.29 is 18.3 Å². The summed E-state index contributed by atoms with van der Waals surface area (Å²) in [6, 6.07) is 7.71. The number of hydrogen-bond donors (Lipinski definition) is 1. The second kappa shape index (κ2) is 5.07. The number of carboxylic acid groups (broad SMARTS) is 1. The van der Waals surface area contributed by atoms with Crippen LogP contribution in [0.1, 0.15) is 19.3 Å². The highest BCUT2D eigenvalue weighted by Crippen LogP contribution is 2.27. The third-order valence-corrected chi connectivity index (χ3v) is 5.05. The summed E-state index contributed by atoms with van der Waals surface area (Å²) in [7, 11) is -3.56. The van der Waals surface area contributed by atoms with E-state index in [1.54, 1.807) is 18.2 Å². The predicted octanol–water partition coefficient (Wildman–Crippen LogP) is 1.31. The zero-order chi connectivity index (χ0) is 13.2. The largest absolute Gasteiger partial charge is 0.481 e. The summed E-state index contributed by atoms with van der Waals surface area (Å²) in [6.45, 7) is 0.398. The molecule has 0 radical (unpaired) electrons. The summed E-state index contributed by atoms with van der Waals surface area (Å²) < 4.78 is 26.0. The molecule has 1 unspecified atom stereocenters. The predicted molar refractivity (Wildman–Crippen MR) is 65.6 cm³/mol. The molecule has 1 aromatic rings. The topological polar surface area (TPSA) is 74.7 Å². The van der Waals surface area contributed by atoms with Crippen molar-refractivity contribution in [3.8, 4) is 0 Å². The van der Waals surface area contributed by atoms with Gasteiger partial charge in [0.05, 0.1) is 11.3 Å². The van der Waals surface area contributed by atoms with Gasteiger partial charge in [-0.1, -0.05) is 18.2 Å². The van der Waals surface area contributed by atoms with Gasteiger partial charge in [-0.3, -0.25) is 4.79 Å². The summed E-state index contributed by atoms with van der Waals surface area (Å²) in [5.74, 6) is -0.963. The molecule has 1 aliphatic rings. The minimum absolute atomic E-state index is 0.133. The number of nitrogens with zero attached hydrogens (tertiary/aromatic N) is 1. The molecule has 0 aromatic heterocycles. The van der Waals surface area contributed by atoms with Crippen LogP contribution < -0.4 is 0 Å². The molecule has 2 rings (SSSR count). The molecule has 5 nitrogen and oxygen atoms in total. The van der Waals surface area contributed by atoms with E-state index < -0.39 is 22.0 Å². The highest BCUT2D eigenvalue weighted by atomic mass is 32.2. The number of rotatable bonds is 4. The average Bonchev–Trinajstić information content (AvgIpc) is 2.78. The zero-order valence-corrected chi connectivity index (χ0v) is 10.6. The molecule has 18 heavy (non-hydrogen) atoms. The normalized spacial score (nSPS) is 21.0. The first-order chi connectivity index (χ1) is 8.51. The van der Waals surface area contributed by atoms with Gasteiger partial charge in [0.15, 0.2) is 0 Å². The van der Waals surface area contributed by atoms with Crippen LogP contribution >= 0.6 is 0 Å². The standard InChI is InChI=1S/C12H15NO4S/c14-12(15)9-10-5-4-8-13(10)18(16,17)11-6-2-1-3-7-11/h1-3,6-7,10H,4-5,8-9H2,(H,14,15). The van der Waals surface area contributed by atoms with Gasteiger partial charge in [-0.25, -0.2) is 8.42 Å². The average molecular weight is 269 g/mol. The second-order valence-corrected chi connectivity index (χ2v) is 6.21. The molecule has 1 N–H and O–H groups in total. The Labute approximate surface area is 106 Å². The molecule has 1 aromatic carbocycles. The number of sulfonamides is 1. The van der Waals surface area contributed by atoms with E-state index in [4.69, 9.17) is 5.11 Å². The molecule has 1 fully saturated rings. The quantitative estimate of drug-likeness (QED) is 0.894. The molecule has 6 heteroatoms. The van der Waals surface area contributed by atoms with Gasteiger partial charge in [0.1, 0.15) is 0 Å². The molecule has 1 saturated heterocycles. The van der Waals surface area contributed by atoms with Gasteiger partial charge in [0.25, 0.3) is 0 Å². The summed E-state index contributed by atoms with van der Waals surface area (Å²) in [4.78, 5) is 11.0. The van der Waals surface area contributed by atoms with Crippen molar-refractivity contribution in [2.75, 3.05) is 6.54 Å². The lowest BCUT2D eigenvalue weighted by Gasteiger charge is -2.22. The number of benzene rings is 1. The first-order valence-corrected chi connectivity index (χ1v) is 7.24. The van der Waals surface area contributed by atoms with Gasteiger partial charge in [0, 0.05) is 12.6 Å². The van der Waals surface area contributed by atoms with E-state index in [2.05, 4.69) is 0 Å². The van der Waals surface area contributed by atoms with E-state index in [1.165, 1.54) is 16.4 Å². The van der Waals surface area contributed by atoms with Crippen LogP contribution in [0.2, 0.25) is 0 Å². The van der Waals surface area contributed by atoms with Crippen LogP contribution in [0.3, 0.4) is 0 Å². The minimum atomic E-state index is -3.56. The molecule has 98 valence electrons. The van der Waals surface area contributed by atoms with Crippen molar-refractivity contribution in [2.24, 2.45) is 0 Å². The van der Waals surface area contributed by atoms with Crippen molar-refractivity contribution >= 4 is 16.0 Å². The van der Waals surface area contributed by atoms with Crippen molar-refractivity contribution in [3.05, 3.63) is 30.3 Å². The van der Waals surface area contributed by atoms with E-state index in [0.29, 0.717) is 19.4 Å². The fourth-order valence-electron chi connectivity index (χ4n) is 2.26. The highest BCUT2D eigenvalue weighted by Gasteiger charge is 2.36. The van der Waals surface area contributed by atoms with E-state index >= 15 is 0 Å². The third-order valence-electron chi connectivity index (χ3n) is 3.08. The van der Waals surface area contributed by atoms with Gasteiger partial charge >= 0.3 is 5.97 Å². The summed E-state index contributed by atoms with van der Waals surface area (Å²) >= 11 is 0. The molecule has 1 atom stereocenters. The zero-order valence-electron chi connectivity index (χ0n) is 9.82. The maximum Gasteiger partial charge on any atom is 0.304 e. The first kappa shape index (κ1) is 13.0. The van der Waals surface area contributed by atoms with Crippen molar-refractivity contribution in [3.63, 3.8) is 0 Å². The lowest BCUT2D eigenvalue weighted by atomic mass is 10.2. The number of hydrogen-bond acceptors (Lipinski definition) is 3. The van der Waals surface area contributed by atoms with Crippen LogP contribution in [0.25, 0.3) is 0 Å². The van der Waals surface area contributed by atoms with Crippen LogP contribution in [0.4, 0.5) is 0 Å². The molecular weight excluding hydrogens is 254 g/mol. The van der Waals surface area contributed by atoms with E-state index in [-0.39, 0.29) is 11.3 Å². The van der Waals surface area contributed by atoms with Gasteiger partial charge in [-0.2, -0.15) is 4.31 Å². The Hall–Kier alpha value is -1.40. The minimum Gasteiger partial charge on any atom is -0.481 e. The Morgan fingerprint density at radius 1 is 1.33 bits per heavy atom. The van der Waals surface area contributed by atoms with Crippen molar-refractivity contribution in [1.82, 2.24) is 4.31 Å². The molecule has 0 amide bonds. The van der Waals surface area contributed by atoms with Gasteiger partial charge < -0.3 is 5.11 Å². The first-order valence-electron chi connectivity index (χ1n) is 5.80. The fourth-order valence-corrected chi connectivity index (χ4v) is 3.97. The van der Waals surface area contributed by atoms with Gasteiger partial charge in [-0.05, 0) is 25.0 Å². The van der Waals surface area contributed by atoms with Gasteiger partial charge in [0.2, 0.25) is 10.0 Å². The second-order valence-electron chi connectivity index (χ2n) is 4.32. The molecule has 1 heterocycles. The van der Waals surface area contributed by atoms with Crippen LogP contribution in [0.5, 0.6) is 0 Å². The van der Waals surface area contributed by atoms with E-state index in [0.717, 1.165) is 0 Å².